The van der Waals surface area contributed by atoms with E-state index >= 15 is 0 Å². The van der Waals surface area contributed by atoms with E-state index in [2.05, 4.69) is 36.5 Å². The molecule has 1 aliphatic heterocycles. The van der Waals surface area contributed by atoms with Crippen molar-refractivity contribution in [3.63, 3.8) is 0 Å². The van der Waals surface area contributed by atoms with Gasteiger partial charge in [-0.2, -0.15) is 5.10 Å². The first-order valence-electron chi connectivity index (χ1n) is 9.31. The van der Waals surface area contributed by atoms with Crippen molar-refractivity contribution >= 4 is 5.91 Å². The van der Waals surface area contributed by atoms with Gasteiger partial charge in [-0.1, -0.05) is 17.7 Å². The van der Waals surface area contributed by atoms with E-state index in [4.69, 9.17) is 5.10 Å². The number of amides is 1. The number of benzene rings is 1. The average molecular weight is 338 g/mol. The lowest BCUT2D eigenvalue weighted by atomic mass is 9.95. The van der Waals surface area contributed by atoms with E-state index in [-0.39, 0.29) is 11.9 Å². The van der Waals surface area contributed by atoms with E-state index in [0.717, 1.165) is 50.0 Å². The predicted octanol–water partition coefficient (Wildman–Crippen LogP) is 2.49. The van der Waals surface area contributed by atoms with Crippen LogP contribution in [0.2, 0.25) is 0 Å². The van der Waals surface area contributed by atoms with Crippen molar-refractivity contribution in [1.29, 1.82) is 0 Å². The molecule has 2 aliphatic rings. The first-order chi connectivity index (χ1) is 12.1. The second-order valence-electron chi connectivity index (χ2n) is 7.29. The Bertz CT molecular complexity index is 772. The number of carbonyl (C=O) groups is 1. The van der Waals surface area contributed by atoms with Crippen molar-refractivity contribution in [1.82, 2.24) is 20.0 Å². The van der Waals surface area contributed by atoms with Crippen molar-refractivity contribution < 1.29 is 4.79 Å². The fourth-order valence-corrected chi connectivity index (χ4v) is 3.97. The molecule has 1 atom stereocenters. The number of likely N-dealkylation sites (N-methyl/N-ethyl adjacent to an activating group) is 1. The van der Waals surface area contributed by atoms with Crippen molar-refractivity contribution in [2.24, 2.45) is 0 Å². The van der Waals surface area contributed by atoms with Crippen LogP contribution in [0.1, 0.15) is 46.6 Å². The molecule has 1 N–H and O–H groups in total. The number of aryl methyl sites for hydroxylation is 1. The smallest absolute Gasteiger partial charge is 0.274 e. The van der Waals surface area contributed by atoms with Crippen LogP contribution in [0.4, 0.5) is 0 Å². The third kappa shape index (κ3) is 2.97. The third-order valence-electron chi connectivity index (χ3n) is 5.56. The number of fused-ring (bicyclic) bond motifs is 1. The minimum absolute atomic E-state index is 0.0673. The summed E-state index contributed by atoms with van der Waals surface area (Å²) in [5.41, 5.74) is 5.32. The maximum Gasteiger partial charge on any atom is 0.274 e. The summed E-state index contributed by atoms with van der Waals surface area (Å²) in [6, 6.07) is 8.66. The Labute approximate surface area is 149 Å². The van der Waals surface area contributed by atoms with Crippen LogP contribution >= 0.6 is 0 Å². The quantitative estimate of drug-likeness (QED) is 0.935. The summed E-state index contributed by atoms with van der Waals surface area (Å²) in [6.45, 7) is 3.95. The fourth-order valence-electron chi connectivity index (χ4n) is 3.97. The van der Waals surface area contributed by atoms with E-state index in [1.807, 2.05) is 16.6 Å². The highest BCUT2D eigenvalue weighted by Crippen LogP contribution is 2.28. The zero-order valence-corrected chi connectivity index (χ0v) is 15.1. The molecule has 1 aliphatic carbocycles. The topological polar surface area (TPSA) is 50.2 Å². The molecule has 0 spiro atoms. The summed E-state index contributed by atoms with van der Waals surface area (Å²) >= 11 is 0. The number of aromatic nitrogens is 2. The van der Waals surface area contributed by atoms with Gasteiger partial charge in [-0.15, -0.1) is 0 Å². The number of carbonyl (C=O) groups excluding carboxylic acids is 1. The van der Waals surface area contributed by atoms with Crippen LogP contribution in [0, 0.1) is 6.92 Å². The van der Waals surface area contributed by atoms with Crippen LogP contribution in [-0.2, 0) is 12.8 Å². The number of hydrogen-bond acceptors (Lipinski definition) is 3. The largest absolute Gasteiger partial charge is 0.336 e. The molecule has 132 valence electrons. The van der Waals surface area contributed by atoms with Crippen molar-refractivity contribution in [2.75, 3.05) is 20.1 Å². The molecule has 2 aromatic rings. The highest BCUT2D eigenvalue weighted by atomic mass is 16.2. The van der Waals surface area contributed by atoms with E-state index in [1.165, 1.54) is 17.7 Å². The van der Waals surface area contributed by atoms with Gasteiger partial charge in [-0.3, -0.25) is 4.79 Å². The van der Waals surface area contributed by atoms with Gasteiger partial charge < -0.3 is 10.2 Å². The lowest BCUT2D eigenvalue weighted by Gasteiger charge is -2.23. The number of nitrogens with one attached hydrogen (secondary N) is 1. The molecule has 1 aromatic carbocycles. The second kappa shape index (κ2) is 6.64. The average Bonchev–Trinajstić information content (AvgIpc) is 3.29. The van der Waals surface area contributed by atoms with Crippen LogP contribution in [0.25, 0.3) is 5.69 Å². The molecule has 0 radical (unpaired) electrons. The van der Waals surface area contributed by atoms with Gasteiger partial charge >= 0.3 is 0 Å². The Morgan fingerprint density at radius 3 is 2.72 bits per heavy atom. The molecule has 0 bridgehead atoms. The van der Waals surface area contributed by atoms with Crippen molar-refractivity contribution in [2.45, 2.75) is 45.1 Å². The molecule has 25 heavy (non-hydrogen) atoms. The van der Waals surface area contributed by atoms with Crippen LogP contribution in [0.3, 0.4) is 0 Å². The summed E-state index contributed by atoms with van der Waals surface area (Å²) in [5, 5.41) is 8.13. The monoisotopic (exact) mass is 338 g/mol. The molecular weight excluding hydrogens is 312 g/mol. The standard InChI is InChI=1S/C20H26N4O/c1-14-7-9-15(10-8-14)24-18-6-4-3-5-17(18)19(22-24)20(25)23(2)16-11-12-21-13-16/h7-10,16,21H,3-6,11-13H2,1-2H3. The molecule has 5 nitrogen and oxygen atoms in total. The van der Waals surface area contributed by atoms with Crippen LogP contribution in [0.15, 0.2) is 24.3 Å². The lowest BCUT2D eigenvalue weighted by molar-refractivity contribution is 0.0736. The van der Waals surface area contributed by atoms with Gasteiger partial charge in [0.1, 0.15) is 0 Å². The Hall–Kier alpha value is -2.14. The predicted molar refractivity (Wildman–Crippen MR) is 98.3 cm³/mol. The molecule has 4 rings (SSSR count). The van der Waals surface area contributed by atoms with Gasteiger partial charge in [-0.25, -0.2) is 4.68 Å². The van der Waals surface area contributed by atoms with Gasteiger partial charge in [-0.05, 0) is 57.7 Å². The van der Waals surface area contributed by atoms with Crippen LogP contribution in [-0.4, -0.2) is 46.8 Å². The maximum absolute atomic E-state index is 13.1. The van der Waals surface area contributed by atoms with E-state index in [1.54, 1.807) is 0 Å². The van der Waals surface area contributed by atoms with Crippen molar-refractivity contribution in [3.05, 3.63) is 46.8 Å². The minimum Gasteiger partial charge on any atom is -0.336 e. The first-order valence-corrected chi connectivity index (χ1v) is 9.31. The summed E-state index contributed by atoms with van der Waals surface area (Å²) in [5.74, 6) is 0.0673. The van der Waals surface area contributed by atoms with Crippen LogP contribution < -0.4 is 5.32 Å². The second-order valence-corrected chi connectivity index (χ2v) is 7.29. The summed E-state index contributed by atoms with van der Waals surface area (Å²) < 4.78 is 2.00. The molecule has 0 saturated carbocycles. The highest BCUT2D eigenvalue weighted by Gasteiger charge is 2.30. The highest BCUT2D eigenvalue weighted by molar-refractivity contribution is 5.94. The van der Waals surface area contributed by atoms with Gasteiger partial charge in [0.25, 0.3) is 5.91 Å². The Morgan fingerprint density at radius 1 is 1.24 bits per heavy atom. The Balaban J connectivity index is 1.72. The zero-order chi connectivity index (χ0) is 17.4. The Kier molecular flexibility index (Phi) is 4.34. The van der Waals surface area contributed by atoms with Gasteiger partial charge in [0.15, 0.2) is 5.69 Å². The zero-order valence-electron chi connectivity index (χ0n) is 15.1. The van der Waals surface area contributed by atoms with E-state index < -0.39 is 0 Å². The SMILES string of the molecule is Cc1ccc(-n2nc(C(=O)N(C)C3CCNC3)c3c2CCCC3)cc1. The van der Waals surface area contributed by atoms with Crippen LogP contribution in [0.5, 0.6) is 0 Å². The molecule has 1 aromatic heterocycles. The maximum atomic E-state index is 13.1. The van der Waals surface area contributed by atoms with Crippen molar-refractivity contribution in [3.8, 4) is 5.69 Å². The number of rotatable bonds is 3. The minimum atomic E-state index is 0.0673. The molecular formula is C20H26N4O. The van der Waals surface area contributed by atoms with E-state index in [0.29, 0.717) is 5.69 Å². The molecule has 1 saturated heterocycles. The number of hydrogen-bond donors (Lipinski definition) is 1. The van der Waals surface area contributed by atoms with E-state index in [9.17, 15) is 4.79 Å². The summed E-state index contributed by atoms with van der Waals surface area (Å²) in [7, 11) is 1.92. The molecule has 1 amide bonds. The summed E-state index contributed by atoms with van der Waals surface area (Å²) in [4.78, 5) is 15.0. The van der Waals surface area contributed by atoms with Gasteiger partial charge in [0.2, 0.25) is 0 Å². The third-order valence-corrected chi connectivity index (χ3v) is 5.56. The molecule has 2 heterocycles. The Morgan fingerprint density at radius 2 is 2.00 bits per heavy atom. The molecule has 1 fully saturated rings. The van der Waals surface area contributed by atoms with Gasteiger partial charge in [0, 0.05) is 30.9 Å². The van der Waals surface area contributed by atoms with Gasteiger partial charge in [0.05, 0.1) is 5.69 Å². The molecule has 5 heteroatoms. The summed E-state index contributed by atoms with van der Waals surface area (Å²) in [6.07, 6.45) is 5.28. The fraction of sp³-hybridized carbons (Fsp3) is 0.500. The normalized spacial score (nSPS) is 19.7. The number of nitrogens with zero attached hydrogens (tertiary/aromatic N) is 3. The lowest BCUT2D eigenvalue weighted by Crippen LogP contribution is -2.39. The molecule has 1 unspecified atom stereocenters. The first kappa shape index (κ1) is 16.3.